The van der Waals surface area contributed by atoms with E-state index in [2.05, 4.69) is 14.6 Å². The van der Waals surface area contributed by atoms with Crippen molar-refractivity contribution in [3.8, 4) is 17.1 Å². The van der Waals surface area contributed by atoms with Gasteiger partial charge in [0.2, 0.25) is 5.88 Å². The maximum absolute atomic E-state index is 13.7. The van der Waals surface area contributed by atoms with Crippen molar-refractivity contribution in [2.45, 2.75) is 38.2 Å². The van der Waals surface area contributed by atoms with E-state index in [0.29, 0.717) is 54.8 Å². The Morgan fingerprint density at radius 3 is 2.69 bits per heavy atom. The molecular weight excluding hydrogens is 554 g/mol. The lowest BCUT2D eigenvalue weighted by atomic mass is 10.00. The van der Waals surface area contributed by atoms with E-state index in [1.54, 1.807) is 29.2 Å². The molecule has 0 radical (unpaired) electrons. The molecular formula is C31H35N5O5S. The molecule has 1 aromatic heterocycles. The van der Waals surface area contributed by atoms with Crippen LogP contribution in [0.15, 0.2) is 53.4 Å². The van der Waals surface area contributed by atoms with Crippen molar-refractivity contribution in [1.29, 1.82) is 0 Å². The highest BCUT2D eigenvalue weighted by Gasteiger charge is 2.45. The number of hydrogen-bond donors (Lipinski definition) is 1. The summed E-state index contributed by atoms with van der Waals surface area (Å²) >= 11 is -1.70. The Bertz CT molecular complexity index is 1480. The van der Waals surface area contributed by atoms with Crippen LogP contribution in [0.2, 0.25) is 0 Å². The molecule has 3 heterocycles. The molecule has 6 rings (SSSR count). The Morgan fingerprint density at radius 1 is 1.12 bits per heavy atom. The standard InChI is InChI=1S/C31H35N5O5S/c1-4-40-30(38)25-14-22(25)16-35-11-12-36-18-23(17-35)41-27-15-26(28-19(2)7-5-8-20(28)3)32-31(33-27)34-42(39)24-10-6-9-21(13-24)29(36)37/h5-10,13,15,22-23,25H,4,11-12,14,16-18H2,1-3H3,(H,32,33,34)/t22?,23-,25?,42?/m1/s1. The molecule has 220 valence electrons. The molecule has 4 atom stereocenters. The van der Waals surface area contributed by atoms with Crippen molar-refractivity contribution >= 4 is 29.2 Å². The van der Waals surface area contributed by atoms with Crippen LogP contribution in [0.1, 0.15) is 34.8 Å². The second-order valence-corrected chi connectivity index (χ2v) is 12.4. The zero-order valence-corrected chi connectivity index (χ0v) is 24.9. The average Bonchev–Trinajstić information content (AvgIpc) is 3.76. The average molecular weight is 590 g/mol. The Morgan fingerprint density at radius 2 is 1.90 bits per heavy atom. The highest BCUT2D eigenvalue weighted by atomic mass is 32.2. The van der Waals surface area contributed by atoms with Crippen LogP contribution in [0.4, 0.5) is 5.95 Å². The summed E-state index contributed by atoms with van der Waals surface area (Å²) in [5, 5.41) is 0. The summed E-state index contributed by atoms with van der Waals surface area (Å²) < 4.78 is 28.0. The second kappa shape index (κ2) is 11.9. The third kappa shape index (κ3) is 6.08. The predicted octanol–water partition coefficient (Wildman–Crippen LogP) is 3.61. The summed E-state index contributed by atoms with van der Waals surface area (Å²) in [6, 6.07) is 14.7. The topological polar surface area (TPSA) is 120 Å². The Hall–Kier alpha value is -3.67. The number of aryl methyl sites for hydroxylation is 2. The van der Waals surface area contributed by atoms with E-state index >= 15 is 0 Å². The predicted molar refractivity (Wildman–Crippen MR) is 158 cm³/mol. The number of benzene rings is 2. The minimum Gasteiger partial charge on any atom is -0.588 e. The summed E-state index contributed by atoms with van der Waals surface area (Å²) in [5.41, 5.74) is 4.18. The number of amides is 1. The largest absolute Gasteiger partial charge is 0.588 e. The summed E-state index contributed by atoms with van der Waals surface area (Å²) in [7, 11) is 0. The molecule has 1 aliphatic carbocycles. The van der Waals surface area contributed by atoms with Crippen LogP contribution in [0.3, 0.4) is 0 Å². The second-order valence-electron chi connectivity index (χ2n) is 11.2. The van der Waals surface area contributed by atoms with Crippen LogP contribution in [0.5, 0.6) is 5.88 Å². The lowest BCUT2D eigenvalue weighted by Gasteiger charge is -2.25. The van der Waals surface area contributed by atoms with E-state index in [9.17, 15) is 14.1 Å². The molecule has 2 aliphatic heterocycles. The number of ether oxygens (including phenoxy) is 2. The third-order valence-corrected chi connectivity index (χ3v) is 9.12. The van der Waals surface area contributed by atoms with E-state index in [1.807, 2.05) is 45.0 Å². The van der Waals surface area contributed by atoms with Gasteiger partial charge in [-0.25, -0.2) is 4.98 Å². The maximum Gasteiger partial charge on any atom is 0.309 e. The molecule has 2 fully saturated rings. The first-order chi connectivity index (χ1) is 20.3. The van der Waals surface area contributed by atoms with E-state index in [-0.39, 0.29) is 35.8 Å². The van der Waals surface area contributed by atoms with Gasteiger partial charge in [-0.3, -0.25) is 14.5 Å². The van der Waals surface area contributed by atoms with Gasteiger partial charge in [0.25, 0.3) is 11.9 Å². The first-order valence-corrected chi connectivity index (χ1v) is 15.5. The highest BCUT2D eigenvalue weighted by molar-refractivity contribution is 7.92. The van der Waals surface area contributed by atoms with Gasteiger partial charge in [0.15, 0.2) is 4.90 Å². The Kier molecular flexibility index (Phi) is 8.06. The van der Waals surface area contributed by atoms with Gasteiger partial charge in [-0.2, -0.15) is 9.71 Å². The van der Waals surface area contributed by atoms with Crippen molar-refractivity contribution < 1.29 is 23.6 Å². The van der Waals surface area contributed by atoms with Gasteiger partial charge in [-0.05, 0) is 56.4 Å². The van der Waals surface area contributed by atoms with Crippen LogP contribution in [0.25, 0.3) is 11.3 Å². The van der Waals surface area contributed by atoms with E-state index in [1.165, 1.54) is 0 Å². The normalized spacial score (nSPS) is 23.8. The maximum atomic E-state index is 13.7. The molecule has 42 heavy (non-hydrogen) atoms. The molecule has 1 amide bonds. The number of rotatable bonds is 5. The first kappa shape index (κ1) is 28.4. The van der Waals surface area contributed by atoms with Gasteiger partial charge < -0.3 is 18.9 Å². The van der Waals surface area contributed by atoms with Gasteiger partial charge in [0, 0.05) is 49.4 Å². The SMILES string of the molecule is CCOC(=O)C1CC1CN1CCN2C[C@@H](C1)Oc1cc(-c3c(C)cccc3C)nc(n1)N[S+]([O-])c1cccc(c1)C2=O. The number of hydrogen-bond acceptors (Lipinski definition) is 9. The van der Waals surface area contributed by atoms with Crippen LogP contribution >= 0.6 is 0 Å². The van der Waals surface area contributed by atoms with Gasteiger partial charge in [-0.1, -0.05) is 24.3 Å². The Balaban J connectivity index is 1.35. The Labute approximate surface area is 248 Å². The lowest BCUT2D eigenvalue weighted by molar-refractivity contribution is -0.145. The number of anilines is 1. The minimum atomic E-state index is -1.70. The molecule has 1 N–H and O–H groups in total. The van der Waals surface area contributed by atoms with Crippen molar-refractivity contribution in [2.75, 3.05) is 44.1 Å². The van der Waals surface area contributed by atoms with E-state index in [4.69, 9.17) is 14.5 Å². The number of aromatic nitrogens is 2. The number of carbonyl (C=O) groups is 2. The van der Waals surface area contributed by atoms with Crippen molar-refractivity contribution in [3.63, 3.8) is 0 Å². The van der Waals surface area contributed by atoms with Crippen LogP contribution in [0, 0.1) is 25.7 Å². The van der Waals surface area contributed by atoms with E-state index in [0.717, 1.165) is 29.7 Å². The van der Waals surface area contributed by atoms with Gasteiger partial charge in [0.1, 0.15) is 17.5 Å². The monoisotopic (exact) mass is 589 g/mol. The molecule has 10 nitrogen and oxygen atoms in total. The smallest absolute Gasteiger partial charge is 0.309 e. The van der Waals surface area contributed by atoms with E-state index < -0.39 is 11.4 Å². The molecule has 1 saturated carbocycles. The summed E-state index contributed by atoms with van der Waals surface area (Å²) in [4.78, 5) is 39.8. The first-order valence-electron chi connectivity index (χ1n) is 14.4. The zero-order chi connectivity index (χ0) is 29.4. The van der Waals surface area contributed by atoms with Crippen molar-refractivity contribution in [2.24, 2.45) is 11.8 Å². The fraction of sp³-hybridized carbons (Fsp3) is 0.419. The van der Waals surface area contributed by atoms with Gasteiger partial charge in [-0.15, -0.1) is 0 Å². The fourth-order valence-corrected chi connectivity index (χ4v) is 6.71. The van der Waals surface area contributed by atoms with Crippen LogP contribution in [-0.4, -0.2) is 81.6 Å². The minimum absolute atomic E-state index is 0.0674. The summed E-state index contributed by atoms with van der Waals surface area (Å²) in [5.74, 6) is 0.402. The number of carbonyl (C=O) groups excluding carboxylic acids is 2. The molecule has 2 aromatic carbocycles. The number of esters is 1. The summed E-state index contributed by atoms with van der Waals surface area (Å²) in [6.07, 6.45) is 0.423. The molecule has 3 aromatic rings. The van der Waals surface area contributed by atoms with Crippen LogP contribution in [-0.2, 0) is 20.9 Å². The fourth-order valence-electron chi connectivity index (χ4n) is 5.90. The number of fused-ring (bicyclic) bond motifs is 6. The van der Waals surface area contributed by atoms with Crippen LogP contribution < -0.4 is 9.46 Å². The highest BCUT2D eigenvalue weighted by Crippen LogP contribution is 2.40. The molecule has 6 bridgehead atoms. The van der Waals surface area contributed by atoms with Gasteiger partial charge in [0.05, 0.1) is 24.8 Å². The molecule has 0 spiro atoms. The molecule has 11 heteroatoms. The quantitative estimate of drug-likeness (QED) is 0.352. The van der Waals surface area contributed by atoms with Crippen molar-refractivity contribution in [1.82, 2.24) is 19.8 Å². The third-order valence-electron chi connectivity index (χ3n) is 8.07. The van der Waals surface area contributed by atoms with Gasteiger partial charge >= 0.3 is 5.97 Å². The van der Waals surface area contributed by atoms with Crippen molar-refractivity contribution in [3.05, 3.63) is 65.2 Å². The number of nitrogens with zero attached hydrogens (tertiary/aromatic N) is 4. The lowest BCUT2D eigenvalue weighted by Crippen LogP contribution is -2.40. The summed E-state index contributed by atoms with van der Waals surface area (Å²) in [6.45, 7) is 9.06. The molecule has 3 unspecified atom stereocenters. The molecule has 1 saturated heterocycles. The molecule has 3 aliphatic rings. The number of nitrogens with one attached hydrogen (secondary N) is 1. The zero-order valence-electron chi connectivity index (χ0n) is 24.0.